The fourth-order valence-electron chi connectivity index (χ4n) is 3.66. The van der Waals surface area contributed by atoms with E-state index in [9.17, 15) is 9.18 Å². The van der Waals surface area contributed by atoms with E-state index >= 15 is 0 Å². The number of nitrogens with zero attached hydrogens (tertiary/aromatic N) is 2. The van der Waals surface area contributed by atoms with E-state index in [-0.39, 0.29) is 24.5 Å². The lowest BCUT2D eigenvalue weighted by atomic mass is 10.1. The number of halogens is 1. The number of ether oxygens (including phenoxy) is 4. The van der Waals surface area contributed by atoms with Crippen LogP contribution in [0.4, 0.5) is 4.39 Å². The van der Waals surface area contributed by atoms with Gasteiger partial charge in [-0.1, -0.05) is 30.3 Å². The lowest BCUT2D eigenvalue weighted by Gasteiger charge is -2.17. The Kier molecular flexibility index (Phi) is 7.92. The van der Waals surface area contributed by atoms with Crippen molar-refractivity contribution in [2.75, 3.05) is 20.8 Å². The molecule has 8 nitrogen and oxygen atoms in total. The van der Waals surface area contributed by atoms with Gasteiger partial charge in [-0.3, -0.25) is 4.98 Å². The molecule has 186 valence electrons. The summed E-state index contributed by atoms with van der Waals surface area (Å²) < 4.78 is 36.0. The quantitative estimate of drug-likeness (QED) is 0.331. The molecule has 2 aromatic heterocycles. The Bertz CT molecular complexity index is 1330. The molecule has 0 radical (unpaired) electrons. The fraction of sp³-hybridized carbons (Fsp3) is 0.222. The van der Waals surface area contributed by atoms with Crippen LogP contribution >= 0.6 is 0 Å². The van der Waals surface area contributed by atoms with E-state index in [1.54, 1.807) is 31.4 Å². The summed E-state index contributed by atoms with van der Waals surface area (Å²) in [5.74, 6) is -0.00633. The average molecular weight is 492 g/mol. The third-order valence-corrected chi connectivity index (χ3v) is 5.41. The van der Waals surface area contributed by atoms with Crippen molar-refractivity contribution in [3.63, 3.8) is 0 Å². The van der Waals surface area contributed by atoms with E-state index in [2.05, 4.69) is 9.97 Å². The van der Waals surface area contributed by atoms with E-state index in [0.29, 0.717) is 34.6 Å². The molecule has 0 bridgehead atoms. The van der Waals surface area contributed by atoms with Gasteiger partial charge in [-0.25, -0.2) is 14.2 Å². The minimum absolute atomic E-state index is 0.0566. The Hall–Kier alpha value is -4.24. The van der Waals surface area contributed by atoms with Gasteiger partial charge < -0.3 is 24.7 Å². The highest BCUT2D eigenvalue weighted by molar-refractivity contribution is 6.06. The maximum atomic E-state index is 14.0. The van der Waals surface area contributed by atoms with E-state index in [4.69, 9.17) is 24.7 Å². The first-order valence-corrected chi connectivity index (χ1v) is 11.2. The molecule has 0 aliphatic heterocycles. The second kappa shape index (κ2) is 11.5. The maximum absolute atomic E-state index is 14.0. The van der Waals surface area contributed by atoms with Crippen LogP contribution in [0.3, 0.4) is 0 Å². The molecular formula is C27H26FN3O5. The number of nitrogens with two attached hydrogens (primary N) is 1. The van der Waals surface area contributed by atoms with Gasteiger partial charge >= 0.3 is 5.97 Å². The second-order valence-electron chi connectivity index (χ2n) is 8.04. The van der Waals surface area contributed by atoms with Gasteiger partial charge in [0.2, 0.25) is 5.88 Å². The summed E-state index contributed by atoms with van der Waals surface area (Å²) in [4.78, 5) is 21.6. The van der Waals surface area contributed by atoms with E-state index in [1.165, 1.54) is 13.2 Å². The van der Waals surface area contributed by atoms with Gasteiger partial charge in [0.05, 0.1) is 25.9 Å². The summed E-state index contributed by atoms with van der Waals surface area (Å²) in [5.41, 5.74) is 8.31. The van der Waals surface area contributed by atoms with Crippen LogP contribution in [-0.4, -0.2) is 42.8 Å². The largest absolute Gasteiger partial charge is 0.496 e. The van der Waals surface area contributed by atoms with E-state index in [1.807, 2.05) is 30.3 Å². The molecule has 0 amide bonds. The molecule has 1 atom stereocenters. The smallest absolute Gasteiger partial charge is 0.342 e. The van der Waals surface area contributed by atoms with Crippen molar-refractivity contribution >= 4 is 16.9 Å². The molecule has 0 saturated heterocycles. The molecule has 0 aliphatic rings. The van der Waals surface area contributed by atoms with Gasteiger partial charge in [-0.15, -0.1) is 0 Å². The van der Waals surface area contributed by atoms with Crippen molar-refractivity contribution in [3.05, 3.63) is 89.5 Å². The molecule has 4 rings (SSSR count). The summed E-state index contributed by atoms with van der Waals surface area (Å²) in [7, 11) is 3.07. The van der Waals surface area contributed by atoms with Crippen LogP contribution in [0.5, 0.6) is 17.4 Å². The Morgan fingerprint density at radius 3 is 2.61 bits per heavy atom. The predicted octanol–water partition coefficient (Wildman–Crippen LogP) is 4.09. The Morgan fingerprint density at radius 1 is 1.06 bits per heavy atom. The van der Waals surface area contributed by atoms with Crippen LogP contribution in [0.2, 0.25) is 0 Å². The van der Waals surface area contributed by atoms with Gasteiger partial charge in [0.15, 0.2) is 0 Å². The SMILES string of the molecule is COc1cc(C[C@@H](N)COc2ccc3ncc(F)cc3c2C(=O)OCc2ccccc2)nc(OC)c1. The van der Waals surface area contributed by atoms with Crippen LogP contribution in [0, 0.1) is 5.82 Å². The zero-order chi connectivity index (χ0) is 25.5. The molecule has 2 heterocycles. The van der Waals surface area contributed by atoms with Crippen molar-refractivity contribution < 1.29 is 28.1 Å². The molecular weight excluding hydrogens is 465 g/mol. The minimum atomic E-state index is -0.653. The first-order valence-electron chi connectivity index (χ1n) is 11.2. The van der Waals surface area contributed by atoms with Crippen molar-refractivity contribution in [2.24, 2.45) is 5.73 Å². The Labute approximate surface area is 207 Å². The zero-order valence-corrected chi connectivity index (χ0v) is 19.9. The maximum Gasteiger partial charge on any atom is 0.342 e. The second-order valence-corrected chi connectivity index (χ2v) is 8.04. The first kappa shape index (κ1) is 24.9. The zero-order valence-electron chi connectivity index (χ0n) is 19.9. The highest BCUT2D eigenvalue weighted by Crippen LogP contribution is 2.29. The number of pyridine rings is 2. The number of hydrogen-bond donors (Lipinski definition) is 1. The molecule has 36 heavy (non-hydrogen) atoms. The number of esters is 1. The van der Waals surface area contributed by atoms with Gasteiger partial charge in [0.25, 0.3) is 0 Å². The highest BCUT2D eigenvalue weighted by atomic mass is 19.1. The van der Waals surface area contributed by atoms with Crippen molar-refractivity contribution in [1.29, 1.82) is 0 Å². The molecule has 0 spiro atoms. The van der Waals surface area contributed by atoms with Crippen LogP contribution < -0.4 is 19.9 Å². The standard InChI is InChI=1S/C27H26FN3O5/c1-33-21-12-20(31-25(13-21)34-2)11-19(29)16-35-24-9-8-23-22(10-18(28)14-30-23)26(24)27(32)36-15-17-6-4-3-5-7-17/h3-10,12-14,19H,11,15-16,29H2,1-2H3/t19-/m1/s1. The highest BCUT2D eigenvalue weighted by Gasteiger charge is 2.21. The third-order valence-electron chi connectivity index (χ3n) is 5.41. The van der Waals surface area contributed by atoms with Crippen LogP contribution in [0.15, 0.2) is 66.9 Å². The van der Waals surface area contributed by atoms with E-state index < -0.39 is 17.8 Å². The lowest BCUT2D eigenvalue weighted by Crippen LogP contribution is -2.31. The molecule has 2 N–H and O–H groups in total. The molecule has 2 aromatic carbocycles. The first-order chi connectivity index (χ1) is 17.5. The number of methoxy groups -OCH3 is 2. The van der Waals surface area contributed by atoms with Crippen molar-refractivity contribution in [1.82, 2.24) is 9.97 Å². The molecule has 9 heteroatoms. The molecule has 0 saturated carbocycles. The number of benzene rings is 2. The topological polar surface area (TPSA) is 106 Å². The number of rotatable bonds is 10. The summed E-state index contributed by atoms with van der Waals surface area (Å²) in [5, 5.41) is 0.290. The van der Waals surface area contributed by atoms with Gasteiger partial charge in [0, 0.05) is 35.7 Å². The number of hydrogen-bond acceptors (Lipinski definition) is 8. The summed E-state index contributed by atoms with van der Waals surface area (Å²) in [6.07, 6.45) is 1.46. The van der Waals surface area contributed by atoms with Gasteiger partial charge in [0.1, 0.15) is 36.1 Å². The van der Waals surface area contributed by atoms with Gasteiger partial charge in [-0.2, -0.15) is 0 Å². The number of carbonyl (C=O) groups is 1. The summed E-state index contributed by atoms with van der Waals surface area (Å²) >= 11 is 0. The Morgan fingerprint density at radius 2 is 1.86 bits per heavy atom. The molecule has 4 aromatic rings. The third kappa shape index (κ3) is 6.05. The van der Waals surface area contributed by atoms with Crippen LogP contribution in [0.25, 0.3) is 10.9 Å². The molecule has 0 fully saturated rings. The predicted molar refractivity (Wildman–Crippen MR) is 132 cm³/mol. The normalized spacial score (nSPS) is 11.7. The van der Waals surface area contributed by atoms with Crippen molar-refractivity contribution in [3.8, 4) is 17.4 Å². The summed E-state index contributed by atoms with van der Waals surface area (Å²) in [6, 6.07) is 16.7. The monoisotopic (exact) mass is 491 g/mol. The fourth-order valence-corrected chi connectivity index (χ4v) is 3.66. The molecule has 0 unspecified atom stereocenters. The lowest BCUT2D eigenvalue weighted by molar-refractivity contribution is 0.0470. The van der Waals surface area contributed by atoms with Crippen molar-refractivity contribution in [2.45, 2.75) is 19.1 Å². The number of carbonyl (C=O) groups excluding carboxylic acids is 1. The Balaban J connectivity index is 1.54. The van der Waals surface area contributed by atoms with Crippen LogP contribution in [-0.2, 0) is 17.8 Å². The number of aromatic nitrogens is 2. The number of fused-ring (bicyclic) bond motifs is 1. The van der Waals surface area contributed by atoms with Gasteiger partial charge in [-0.05, 0) is 23.8 Å². The van der Waals surface area contributed by atoms with Crippen LogP contribution in [0.1, 0.15) is 21.6 Å². The minimum Gasteiger partial charge on any atom is -0.496 e. The summed E-state index contributed by atoms with van der Waals surface area (Å²) in [6.45, 7) is 0.121. The van der Waals surface area contributed by atoms with E-state index in [0.717, 1.165) is 11.8 Å². The average Bonchev–Trinajstić information content (AvgIpc) is 2.90. The molecule has 0 aliphatic carbocycles.